The van der Waals surface area contributed by atoms with Crippen molar-refractivity contribution in [2.45, 2.75) is 0 Å². The predicted octanol–water partition coefficient (Wildman–Crippen LogP) is -2.15. The number of carbonyl (C=O) groups is 4. The highest BCUT2D eigenvalue weighted by atomic mass is 16.2. The third-order valence-corrected chi connectivity index (χ3v) is 1.75. The van der Waals surface area contributed by atoms with Crippen molar-refractivity contribution in [2.75, 3.05) is 33.7 Å². The van der Waals surface area contributed by atoms with E-state index in [2.05, 4.69) is 5.32 Å². The van der Waals surface area contributed by atoms with Gasteiger partial charge in [0, 0.05) is 14.1 Å². The van der Waals surface area contributed by atoms with E-state index in [9.17, 15) is 19.2 Å². The van der Waals surface area contributed by atoms with Gasteiger partial charge in [-0.3, -0.25) is 14.4 Å². The van der Waals surface area contributed by atoms with Crippen molar-refractivity contribution in [1.29, 1.82) is 0 Å². The van der Waals surface area contributed by atoms with Crippen LogP contribution in [0.25, 0.3) is 0 Å². The molecule has 0 rings (SSSR count). The smallest absolute Gasteiger partial charge is 0.242 e. The van der Waals surface area contributed by atoms with Crippen LogP contribution in [0.2, 0.25) is 0 Å². The van der Waals surface area contributed by atoms with Crippen LogP contribution in [0, 0.1) is 0 Å². The van der Waals surface area contributed by atoms with E-state index in [4.69, 9.17) is 0 Å². The third-order valence-electron chi connectivity index (χ3n) is 1.75. The van der Waals surface area contributed by atoms with E-state index in [-0.39, 0.29) is 25.5 Å². The molecule has 90 valence electrons. The Morgan fingerprint density at radius 3 is 2.31 bits per heavy atom. The number of likely N-dealkylation sites (N-methyl/N-ethyl adjacent to an activating group) is 2. The zero-order valence-electron chi connectivity index (χ0n) is 9.30. The number of rotatable bonds is 7. The molecule has 0 spiro atoms. The van der Waals surface area contributed by atoms with Gasteiger partial charge in [-0.1, -0.05) is 0 Å². The molecule has 3 amide bonds. The second-order valence-electron chi connectivity index (χ2n) is 3.24. The van der Waals surface area contributed by atoms with Crippen molar-refractivity contribution >= 4 is 24.5 Å². The largest absolute Gasteiger partial charge is 0.348 e. The van der Waals surface area contributed by atoms with Gasteiger partial charge in [-0.15, -0.1) is 0 Å². The molecule has 16 heavy (non-hydrogen) atoms. The second kappa shape index (κ2) is 7.38. The first-order valence-electron chi connectivity index (χ1n) is 4.61. The number of nitrogens with one attached hydrogen (secondary N) is 1. The van der Waals surface area contributed by atoms with Gasteiger partial charge in [-0.25, -0.2) is 0 Å². The van der Waals surface area contributed by atoms with Crippen LogP contribution in [0.3, 0.4) is 0 Å². The van der Waals surface area contributed by atoms with Crippen molar-refractivity contribution in [1.82, 2.24) is 15.1 Å². The van der Waals surface area contributed by atoms with Gasteiger partial charge in [0.25, 0.3) is 0 Å². The average molecular weight is 229 g/mol. The quantitative estimate of drug-likeness (QED) is 0.504. The standard InChI is InChI=1S/C9H15N3O4/c1-11(7-14)6-9(16)12(2)5-8(15)10-3-4-13/h4,7H,3,5-6H2,1-2H3,(H,10,15). The SMILES string of the molecule is CN(C=O)CC(=O)N(C)CC(=O)NCC=O. The summed E-state index contributed by atoms with van der Waals surface area (Å²) in [4.78, 5) is 45.1. The first kappa shape index (κ1) is 14.1. The van der Waals surface area contributed by atoms with Gasteiger partial charge in [0.05, 0.1) is 19.6 Å². The lowest BCUT2D eigenvalue weighted by Gasteiger charge is -2.18. The van der Waals surface area contributed by atoms with E-state index in [1.165, 1.54) is 23.9 Å². The molecule has 0 fully saturated rings. The molecule has 0 heterocycles. The normalized spacial score (nSPS) is 9.12. The molecule has 0 aliphatic carbocycles. The Kier molecular flexibility index (Phi) is 6.50. The fourth-order valence-electron chi connectivity index (χ4n) is 0.886. The molecule has 0 aromatic heterocycles. The number of hydrogen-bond donors (Lipinski definition) is 1. The van der Waals surface area contributed by atoms with E-state index >= 15 is 0 Å². The summed E-state index contributed by atoms with van der Waals surface area (Å²) in [5.41, 5.74) is 0. The Bertz CT molecular complexity index is 280. The zero-order chi connectivity index (χ0) is 12.6. The molecule has 7 nitrogen and oxygen atoms in total. The number of aldehydes is 1. The highest BCUT2D eigenvalue weighted by Crippen LogP contribution is 1.87. The van der Waals surface area contributed by atoms with E-state index in [0.29, 0.717) is 12.7 Å². The van der Waals surface area contributed by atoms with Crippen LogP contribution in [0.4, 0.5) is 0 Å². The highest BCUT2D eigenvalue weighted by Gasteiger charge is 2.13. The highest BCUT2D eigenvalue weighted by molar-refractivity contribution is 5.86. The molecule has 0 bridgehead atoms. The lowest BCUT2D eigenvalue weighted by molar-refractivity contribution is -0.137. The maximum absolute atomic E-state index is 11.4. The van der Waals surface area contributed by atoms with Gasteiger partial charge in [0.15, 0.2) is 0 Å². The van der Waals surface area contributed by atoms with E-state index in [0.717, 1.165) is 0 Å². The Labute approximate surface area is 93.4 Å². The maximum Gasteiger partial charge on any atom is 0.242 e. The fraction of sp³-hybridized carbons (Fsp3) is 0.556. The number of amides is 3. The number of carbonyl (C=O) groups excluding carboxylic acids is 4. The second-order valence-corrected chi connectivity index (χ2v) is 3.24. The molecule has 0 aromatic carbocycles. The van der Waals surface area contributed by atoms with Crippen LogP contribution in [-0.4, -0.2) is 68.0 Å². The van der Waals surface area contributed by atoms with Crippen molar-refractivity contribution < 1.29 is 19.2 Å². The Morgan fingerprint density at radius 1 is 1.19 bits per heavy atom. The van der Waals surface area contributed by atoms with Crippen molar-refractivity contribution in [3.8, 4) is 0 Å². The molecule has 0 atom stereocenters. The van der Waals surface area contributed by atoms with Crippen molar-refractivity contribution in [2.24, 2.45) is 0 Å². The lowest BCUT2D eigenvalue weighted by atomic mass is 10.4. The van der Waals surface area contributed by atoms with Crippen molar-refractivity contribution in [3.05, 3.63) is 0 Å². The first-order chi connectivity index (χ1) is 7.51. The van der Waals surface area contributed by atoms with Gasteiger partial charge < -0.3 is 19.9 Å². The molecule has 0 aliphatic heterocycles. The maximum atomic E-state index is 11.4. The minimum absolute atomic E-state index is 0.0743. The zero-order valence-corrected chi connectivity index (χ0v) is 9.30. The molecule has 0 saturated carbocycles. The molecule has 0 unspecified atom stereocenters. The minimum atomic E-state index is -0.420. The summed E-state index contributed by atoms with van der Waals surface area (Å²) >= 11 is 0. The molecular weight excluding hydrogens is 214 g/mol. The Morgan fingerprint density at radius 2 is 1.81 bits per heavy atom. The first-order valence-corrected chi connectivity index (χ1v) is 4.61. The van der Waals surface area contributed by atoms with Crippen molar-refractivity contribution in [3.63, 3.8) is 0 Å². The Hall–Kier alpha value is -1.92. The van der Waals surface area contributed by atoms with Crippen LogP contribution in [0.15, 0.2) is 0 Å². The van der Waals surface area contributed by atoms with Crippen LogP contribution < -0.4 is 5.32 Å². The van der Waals surface area contributed by atoms with Crippen LogP contribution in [0.5, 0.6) is 0 Å². The van der Waals surface area contributed by atoms with Gasteiger partial charge in [0.1, 0.15) is 6.29 Å². The molecule has 0 radical (unpaired) electrons. The van der Waals surface area contributed by atoms with Gasteiger partial charge in [0.2, 0.25) is 18.2 Å². The van der Waals surface area contributed by atoms with Crippen LogP contribution >= 0.6 is 0 Å². The molecule has 7 heteroatoms. The molecule has 0 aromatic rings. The summed E-state index contributed by atoms with van der Waals surface area (Å²) in [5.74, 6) is -0.771. The monoisotopic (exact) mass is 229 g/mol. The minimum Gasteiger partial charge on any atom is -0.348 e. The molecule has 0 saturated heterocycles. The summed E-state index contributed by atoms with van der Waals surface area (Å²) in [5, 5.41) is 2.30. The van der Waals surface area contributed by atoms with E-state index < -0.39 is 5.91 Å². The van der Waals surface area contributed by atoms with Crippen LogP contribution in [0.1, 0.15) is 0 Å². The molecule has 0 aliphatic rings. The van der Waals surface area contributed by atoms with Gasteiger partial charge >= 0.3 is 0 Å². The summed E-state index contributed by atoms with van der Waals surface area (Å²) in [7, 11) is 2.91. The van der Waals surface area contributed by atoms with Gasteiger partial charge in [-0.05, 0) is 0 Å². The van der Waals surface area contributed by atoms with E-state index in [1.54, 1.807) is 0 Å². The van der Waals surface area contributed by atoms with E-state index in [1.807, 2.05) is 0 Å². The summed E-state index contributed by atoms with van der Waals surface area (Å²) in [6, 6.07) is 0. The van der Waals surface area contributed by atoms with Crippen LogP contribution in [-0.2, 0) is 19.2 Å². The third kappa shape index (κ3) is 5.74. The van der Waals surface area contributed by atoms with Gasteiger partial charge in [-0.2, -0.15) is 0 Å². The fourth-order valence-corrected chi connectivity index (χ4v) is 0.886. The molecule has 1 N–H and O–H groups in total. The average Bonchev–Trinajstić information content (AvgIpc) is 2.25. The predicted molar refractivity (Wildman–Crippen MR) is 55.4 cm³/mol. The number of hydrogen-bond acceptors (Lipinski definition) is 4. The summed E-state index contributed by atoms with van der Waals surface area (Å²) in [6.07, 6.45) is 1.08. The summed E-state index contributed by atoms with van der Waals surface area (Å²) < 4.78 is 0. The lowest BCUT2D eigenvalue weighted by Crippen LogP contribution is -2.42. The summed E-state index contributed by atoms with van der Waals surface area (Å²) in [6.45, 7) is -0.296. The molecular formula is C9H15N3O4. The topological polar surface area (TPSA) is 86.8 Å². The number of nitrogens with zero attached hydrogens (tertiary/aromatic N) is 2. The Balaban J connectivity index is 3.99.